The van der Waals surface area contributed by atoms with Gasteiger partial charge in [-0.1, -0.05) is 67.4 Å². The molecular formula is C35H31BrCl2N2O3S. The highest BCUT2D eigenvalue weighted by Crippen LogP contribution is 2.41. The number of rotatable bonds is 10. The Kier molecular flexibility index (Phi) is 10.7. The molecule has 1 aliphatic heterocycles. The zero-order valence-electron chi connectivity index (χ0n) is 24.6. The van der Waals surface area contributed by atoms with Crippen molar-refractivity contribution in [3.63, 3.8) is 0 Å². The van der Waals surface area contributed by atoms with E-state index in [1.807, 2.05) is 67.6 Å². The van der Waals surface area contributed by atoms with Crippen LogP contribution in [0.2, 0.25) is 10.0 Å². The molecule has 0 saturated carbocycles. The number of halogens is 3. The van der Waals surface area contributed by atoms with E-state index in [0.29, 0.717) is 42.7 Å². The van der Waals surface area contributed by atoms with Gasteiger partial charge in [0, 0.05) is 0 Å². The van der Waals surface area contributed by atoms with Gasteiger partial charge in [-0.3, -0.25) is 9.69 Å². The van der Waals surface area contributed by atoms with Crippen LogP contribution in [0.1, 0.15) is 43.0 Å². The molecule has 1 saturated heterocycles. The molecule has 1 amide bonds. The van der Waals surface area contributed by atoms with Gasteiger partial charge < -0.3 is 9.47 Å². The standard InChI is InChI=1S/C35H31BrCl2N2O3S/c1-4-22-7-12-26(13-8-22)39-35-40(27-14-9-23(5-2)10-15-27)34(41)32(44-35)20-25-17-28(36)33(31(19-25)42-6-3)43-21-24-11-16-29(37)30(38)18-24/h7-20H,4-6,21H2,1-3H3/b32-20-,39-35?. The van der Waals surface area contributed by atoms with E-state index < -0.39 is 0 Å². The van der Waals surface area contributed by atoms with Crippen LogP contribution in [0.15, 0.2) is 93.2 Å². The van der Waals surface area contributed by atoms with E-state index in [-0.39, 0.29) is 12.5 Å². The van der Waals surface area contributed by atoms with Crippen molar-refractivity contribution in [2.24, 2.45) is 4.99 Å². The lowest BCUT2D eigenvalue weighted by molar-refractivity contribution is -0.113. The van der Waals surface area contributed by atoms with E-state index in [1.54, 1.807) is 17.0 Å². The van der Waals surface area contributed by atoms with E-state index >= 15 is 0 Å². The summed E-state index contributed by atoms with van der Waals surface area (Å²) in [5.74, 6) is 0.972. The molecule has 0 aliphatic carbocycles. The van der Waals surface area contributed by atoms with Gasteiger partial charge in [-0.05, 0) is 124 Å². The summed E-state index contributed by atoms with van der Waals surface area (Å²) in [6.45, 7) is 6.86. The number of ether oxygens (including phenoxy) is 2. The average molecular weight is 711 g/mol. The van der Waals surface area contributed by atoms with Crippen molar-refractivity contribution < 1.29 is 14.3 Å². The Morgan fingerprint density at radius 3 is 2.14 bits per heavy atom. The molecule has 4 aromatic carbocycles. The predicted molar refractivity (Wildman–Crippen MR) is 188 cm³/mol. The van der Waals surface area contributed by atoms with Gasteiger partial charge in [0.25, 0.3) is 5.91 Å². The SMILES string of the molecule is CCOc1cc(/C=C2\SC(=Nc3ccc(CC)cc3)N(c3ccc(CC)cc3)C2=O)cc(Br)c1OCc1ccc(Cl)c(Cl)c1. The molecule has 0 N–H and O–H groups in total. The van der Waals surface area contributed by atoms with Gasteiger partial charge in [0.05, 0.1) is 37.4 Å². The first kappa shape index (κ1) is 32.2. The lowest BCUT2D eigenvalue weighted by Crippen LogP contribution is -2.28. The number of amidine groups is 1. The van der Waals surface area contributed by atoms with Crippen LogP contribution in [0, 0.1) is 0 Å². The molecule has 5 nitrogen and oxygen atoms in total. The fraction of sp³-hybridized carbons (Fsp3) is 0.200. The largest absolute Gasteiger partial charge is 0.490 e. The molecule has 226 valence electrons. The molecule has 0 unspecified atom stereocenters. The Bertz CT molecular complexity index is 1720. The molecule has 1 aliphatic rings. The van der Waals surface area contributed by atoms with Crippen molar-refractivity contribution in [2.75, 3.05) is 11.5 Å². The van der Waals surface area contributed by atoms with Crippen LogP contribution >= 0.6 is 50.9 Å². The summed E-state index contributed by atoms with van der Waals surface area (Å²) in [7, 11) is 0. The zero-order chi connectivity index (χ0) is 31.2. The molecule has 0 bridgehead atoms. The van der Waals surface area contributed by atoms with Crippen molar-refractivity contribution in [1.82, 2.24) is 0 Å². The van der Waals surface area contributed by atoms with Crippen molar-refractivity contribution in [2.45, 2.75) is 40.2 Å². The number of aliphatic imine (C=N–C) groups is 1. The van der Waals surface area contributed by atoms with Crippen molar-refractivity contribution >= 4 is 79.4 Å². The second kappa shape index (κ2) is 14.7. The van der Waals surface area contributed by atoms with E-state index in [2.05, 4.69) is 41.9 Å². The second-order valence-corrected chi connectivity index (χ2v) is 12.7. The maximum Gasteiger partial charge on any atom is 0.271 e. The monoisotopic (exact) mass is 708 g/mol. The smallest absolute Gasteiger partial charge is 0.271 e. The van der Waals surface area contributed by atoms with E-state index in [9.17, 15) is 4.79 Å². The van der Waals surface area contributed by atoms with Crippen molar-refractivity contribution in [3.8, 4) is 11.5 Å². The highest BCUT2D eigenvalue weighted by atomic mass is 79.9. The summed E-state index contributed by atoms with van der Waals surface area (Å²) in [6.07, 6.45) is 3.73. The van der Waals surface area contributed by atoms with Crippen LogP contribution in [0.5, 0.6) is 11.5 Å². The van der Waals surface area contributed by atoms with Gasteiger partial charge in [-0.2, -0.15) is 0 Å². The van der Waals surface area contributed by atoms with Gasteiger partial charge in [0.1, 0.15) is 6.61 Å². The van der Waals surface area contributed by atoms with Crippen LogP contribution in [0.25, 0.3) is 6.08 Å². The number of hydrogen-bond donors (Lipinski definition) is 0. The van der Waals surface area contributed by atoms with E-state index in [1.165, 1.54) is 22.9 Å². The number of aryl methyl sites for hydroxylation is 2. The van der Waals surface area contributed by atoms with E-state index in [0.717, 1.165) is 35.3 Å². The summed E-state index contributed by atoms with van der Waals surface area (Å²) in [5, 5.41) is 1.55. The minimum Gasteiger partial charge on any atom is -0.490 e. The minimum absolute atomic E-state index is 0.141. The minimum atomic E-state index is -0.141. The number of thioether (sulfide) groups is 1. The average Bonchev–Trinajstić information content (AvgIpc) is 3.32. The third-order valence-electron chi connectivity index (χ3n) is 6.98. The first-order chi connectivity index (χ1) is 21.3. The molecule has 1 heterocycles. The van der Waals surface area contributed by atoms with Crippen LogP contribution in [-0.4, -0.2) is 17.7 Å². The van der Waals surface area contributed by atoms with Crippen LogP contribution in [-0.2, 0) is 24.2 Å². The molecular weight excluding hydrogens is 679 g/mol. The third-order valence-corrected chi connectivity index (χ3v) is 9.27. The van der Waals surface area contributed by atoms with E-state index in [4.69, 9.17) is 37.7 Å². The Hall–Kier alpha value is -3.23. The molecule has 0 radical (unpaired) electrons. The Morgan fingerprint density at radius 2 is 1.50 bits per heavy atom. The first-order valence-corrected chi connectivity index (χ1v) is 16.7. The topological polar surface area (TPSA) is 51.1 Å². The molecule has 5 rings (SSSR count). The number of anilines is 1. The molecule has 1 fully saturated rings. The second-order valence-electron chi connectivity index (χ2n) is 9.99. The number of carbonyl (C=O) groups is 1. The third kappa shape index (κ3) is 7.52. The highest BCUT2D eigenvalue weighted by Gasteiger charge is 2.35. The van der Waals surface area contributed by atoms with Crippen LogP contribution < -0.4 is 14.4 Å². The molecule has 0 spiro atoms. The Labute approximate surface area is 281 Å². The quantitative estimate of drug-likeness (QED) is 0.154. The predicted octanol–water partition coefficient (Wildman–Crippen LogP) is 10.7. The number of carbonyl (C=O) groups excluding carboxylic acids is 1. The molecule has 9 heteroatoms. The molecule has 4 aromatic rings. The van der Waals surface area contributed by atoms with Crippen LogP contribution in [0.4, 0.5) is 11.4 Å². The molecule has 44 heavy (non-hydrogen) atoms. The zero-order valence-corrected chi connectivity index (χ0v) is 28.5. The fourth-order valence-corrected chi connectivity index (χ4v) is 6.48. The summed E-state index contributed by atoms with van der Waals surface area (Å²) in [4.78, 5) is 21.0. The Balaban J connectivity index is 1.48. The van der Waals surface area contributed by atoms with Gasteiger partial charge in [0.15, 0.2) is 16.7 Å². The Morgan fingerprint density at radius 1 is 0.841 bits per heavy atom. The van der Waals surface area contributed by atoms with Gasteiger partial charge >= 0.3 is 0 Å². The first-order valence-electron chi connectivity index (χ1n) is 14.3. The fourth-order valence-electron chi connectivity index (χ4n) is 4.58. The maximum absolute atomic E-state index is 13.9. The number of benzene rings is 4. The summed E-state index contributed by atoms with van der Waals surface area (Å²) in [6, 6.07) is 25.3. The maximum atomic E-state index is 13.9. The summed E-state index contributed by atoms with van der Waals surface area (Å²) in [5.41, 5.74) is 5.65. The summed E-state index contributed by atoms with van der Waals surface area (Å²) >= 11 is 17.2. The lowest BCUT2D eigenvalue weighted by Gasteiger charge is -2.16. The normalized spacial score (nSPS) is 15.0. The number of amides is 1. The van der Waals surface area contributed by atoms with Crippen molar-refractivity contribution in [3.05, 3.63) is 121 Å². The number of nitrogens with zero attached hydrogens (tertiary/aromatic N) is 2. The van der Waals surface area contributed by atoms with Crippen LogP contribution in [0.3, 0.4) is 0 Å². The number of hydrogen-bond acceptors (Lipinski definition) is 5. The lowest BCUT2D eigenvalue weighted by atomic mass is 10.1. The van der Waals surface area contributed by atoms with Gasteiger partial charge in [-0.15, -0.1) is 0 Å². The molecule has 0 atom stereocenters. The van der Waals surface area contributed by atoms with Gasteiger partial charge in [-0.25, -0.2) is 4.99 Å². The highest BCUT2D eigenvalue weighted by molar-refractivity contribution is 9.10. The van der Waals surface area contributed by atoms with Gasteiger partial charge in [0.2, 0.25) is 0 Å². The molecule has 0 aromatic heterocycles. The van der Waals surface area contributed by atoms with Crippen molar-refractivity contribution in [1.29, 1.82) is 0 Å². The summed E-state index contributed by atoms with van der Waals surface area (Å²) < 4.78 is 12.8.